The van der Waals surface area contributed by atoms with Gasteiger partial charge in [0.2, 0.25) is 15.9 Å². The zero-order valence-electron chi connectivity index (χ0n) is 15.5. The molecule has 5 nitrogen and oxygen atoms in total. The molecule has 0 aromatic heterocycles. The Balaban J connectivity index is 1.83. The Bertz CT molecular complexity index is 824. The van der Waals surface area contributed by atoms with E-state index in [1.54, 1.807) is 12.1 Å². The normalized spacial score (nSPS) is 12.0. The summed E-state index contributed by atoms with van der Waals surface area (Å²) in [4.78, 5) is 12.1. The maximum Gasteiger partial charge on any atom is 0.240 e. The quantitative estimate of drug-likeness (QED) is 0.782. The fourth-order valence-corrected chi connectivity index (χ4v) is 3.43. The molecule has 2 rings (SSSR count). The Morgan fingerprint density at radius 2 is 1.58 bits per heavy atom. The van der Waals surface area contributed by atoms with Crippen LogP contribution in [-0.4, -0.2) is 20.9 Å². The van der Waals surface area contributed by atoms with E-state index < -0.39 is 10.0 Å². The number of carbonyl (C=O) groups is 1. The highest BCUT2D eigenvalue weighted by Gasteiger charge is 2.17. The molecular weight excluding hydrogens is 348 g/mol. The number of benzene rings is 2. The Hall–Kier alpha value is -2.18. The van der Waals surface area contributed by atoms with E-state index in [0.29, 0.717) is 6.54 Å². The summed E-state index contributed by atoms with van der Waals surface area (Å²) in [6.07, 6.45) is 0.0894. The molecule has 2 aromatic rings. The van der Waals surface area contributed by atoms with Crippen LogP contribution in [-0.2, 0) is 26.8 Å². The lowest BCUT2D eigenvalue weighted by Gasteiger charge is -2.19. The number of hydrogen-bond donors (Lipinski definition) is 2. The van der Waals surface area contributed by atoms with Crippen LogP contribution in [0.25, 0.3) is 0 Å². The minimum Gasteiger partial charge on any atom is -0.352 e. The maximum absolute atomic E-state index is 12.3. The molecule has 2 aromatic carbocycles. The van der Waals surface area contributed by atoms with Gasteiger partial charge in [0.15, 0.2) is 0 Å². The average Bonchev–Trinajstić information content (AvgIpc) is 2.60. The number of sulfonamides is 1. The van der Waals surface area contributed by atoms with Gasteiger partial charge in [-0.15, -0.1) is 0 Å². The standard InChI is InChI=1S/C20H26N2O3S/c1-20(2,3)17-9-11-18(12-10-17)26(24,25)22-14-13-19(23)21-15-16-7-5-4-6-8-16/h4-12,22H,13-15H2,1-3H3,(H,21,23). The van der Waals surface area contributed by atoms with E-state index in [2.05, 4.69) is 30.8 Å². The Kier molecular flexibility index (Phi) is 6.56. The first-order chi connectivity index (χ1) is 12.2. The van der Waals surface area contributed by atoms with Crippen molar-refractivity contribution >= 4 is 15.9 Å². The van der Waals surface area contributed by atoms with Crippen molar-refractivity contribution in [3.05, 3.63) is 65.7 Å². The monoisotopic (exact) mass is 374 g/mol. The molecule has 0 atom stereocenters. The fraction of sp³-hybridized carbons (Fsp3) is 0.350. The van der Waals surface area contributed by atoms with Crippen molar-refractivity contribution in [2.24, 2.45) is 0 Å². The number of hydrogen-bond acceptors (Lipinski definition) is 3. The summed E-state index contributed by atoms with van der Waals surface area (Å²) < 4.78 is 27.1. The molecule has 0 unspecified atom stereocenters. The first-order valence-electron chi connectivity index (χ1n) is 8.59. The number of amides is 1. The third kappa shape index (κ3) is 5.97. The molecule has 6 heteroatoms. The number of rotatable bonds is 7. The van der Waals surface area contributed by atoms with Crippen LogP contribution in [0.4, 0.5) is 0 Å². The van der Waals surface area contributed by atoms with E-state index in [-0.39, 0.29) is 29.2 Å². The van der Waals surface area contributed by atoms with E-state index in [0.717, 1.165) is 11.1 Å². The second-order valence-corrected chi connectivity index (χ2v) is 8.95. The van der Waals surface area contributed by atoms with Crippen LogP contribution in [0.15, 0.2) is 59.5 Å². The lowest BCUT2D eigenvalue weighted by molar-refractivity contribution is -0.121. The lowest BCUT2D eigenvalue weighted by Crippen LogP contribution is -2.30. The van der Waals surface area contributed by atoms with Gasteiger partial charge in [-0.3, -0.25) is 4.79 Å². The number of nitrogens with one attached hydrogen (secondary N) is 2. The van der Waals surface area contributed by atoms with Gasteiger partial charge in [0.05, 0.1) is 4.90 Å². The van der Waals surface area contributed by atoms with Crippen molar-refractivity contribution < 1.29 is 13.2 Å². The highest BCUT2D eigenvalue weighted by molar-refractivity contribution is 7.89. The first-order valence-corrected chi connectivity index (χ1v) is 10.1. The van der Waals surface area contributed by atoms with Crippen molar-refractivity contribution in [2.45, 2.75) is 44.0 Å². The molecule has 140 valence electrons. The molecular formula is C20H26N2O3S. The second-order valence-electron chi connectivity index (χ2n) is 7.18. The summed E-state index contributed by atoms with van der Waals surface area (Å²) in [5.74, 6) is -0.195. The smallest absolute Gasteiger partial charge is 0.240 e. The molecule has 26 heavy (non-hydrogen) atoms. The van der Waals surface area contributed by atoms with E-state index in [1.807, 2.05) is 42.5 Å². The van der Waals surface area contributed by atoms with Gasteiger partial charge in [0, 0.05) is 19.5 Å². The minimum atomic E-state index is -3.62. The third-order valence-electron chi connectivity index (χ3n) is 4.01. The number of carbonyl (C=O) groups excluding carboxylic acids is 1. The lowest BCUT2D eigenvalue weighted by atomic mass is 9.87. The molecule has 0 fully saturated rings. The summed E-state index contributed by atoms with van der Waals surface area (Å²) in [6, 6.07) is 16.4. The third-order valence-corrected chi connectivity index (χ3v) is 5.48. The van der Waals surface area contributed by atoms with Gasteiger partial charge >= 0.3 is 0 Å². The second kappa shape index (κ2) is 8.47. The van der Waals surface area contributed by atoms with E-state index >= 15 is 0 Å². The van der Waals surface area contributed by atoms with Gasteiger partial charge < -0.3 is 5.32 Å². The van der Waals surface area contributed by atoms with E-state index in [9.17, 15) is 13.2 Å². The van der Waals surface area contributed by atoms with Crippen molar-refractivity contribution in [3.63, 3.8) is 0 Å². The molecule has 0 aliphatic rings. The van der Waals surface area contributed by atoms with Crippen molar-refractivity contribution in [3.8, 4) is 0 Å². The van der Waals surface area contributed by atoms with Crippen molar-refractivity contribution in [1.82, 2.24) is 10.0 Å². The van der Waals surface area contributed by atoms with E-state index in [1.165, 1.54) is 0 Å². The summed E-state index contributed by atoms with van der Waals surface area (Å²) in [5, 5.41) is 2.78. The molecule has 2 N–H and O–H groups in total. The maximum atomic E-state index is 12.3. The van der Waals surface area contributed by atoms with Gasteiger partial charge in [-0.2, -0.15) is 0 Å². The summed E-state index contributed by atoms with van der Waals surface area (Å²) in [5.41, 5.74) is 2.03. The van der Waals surface area contributed by atoms with Crippen molar-refractivity contribution in [1.29, 1.82) is 0 Å². The van der Waals surface area contributed by atoms with Crippen molar-refractivity contribution in [2.75, 3.05) is 6.54 Å². The van der Waals surface area contributed by atoms with Crippen LogP contribution in [0, 0.1) is 0 Å². The average molecular weight is 375 g/mol. The van der Waals surface area contributed by atoms with E-state index in [4.69, 9.17) is 0 Å². The van der Waals surface area contributed by atoms with Gasteiger partial charge in [-0.1, -0.05) is 63.2 Å². The molecule has 0 saturated heterocycles. The summed E-state index contributed by atoms with van der Waals surface area (Å²) >= 11 is 0. The van der Waals surface area contributed by atoms with Gasteiger partial charge in [-0.25, -0.2) is 13.1 Å². The van der Waals surface area contributed by atoms with Gasteiger partial charge in [-0.05, 0) is 28.7 Å². The molecule has 0 heterocycles. The molecule has 0 radical (unpaired) electrons. The minimum absolute atomic E-state index is 0.0352. The van der Waals surface area contributed by atoms with Gasteiger partial charge in [0.1, 0.15) is 0 Å². The van der Waals surface area contributed by atoms with Crippen LogP contribution >= 0.6 is 0 Å². The molecule has 0 aliphatic carbocycles. The Labute approximate surface area is 155 Å². The van der Waals surface area contributed by atoms with Crippen LogP contribution in [0.5, 0.6) is 0 Å². The highest BCUT2D eigenvalue weighted by Crippen LogP contribution is 2.23. The molecule has 1 amide bonds. The first kappa shape index (κ1) is 20.1. The largest absolute Gasteiger partial charge is 0.352 e. The van der Waals surface area contributed by atoms with Crippen LogP contribution in [0.3, 0.4) is 0 Å². The highest BCUT2D eigenvalue weighted by atomic mass is 32.2. The molecule has 0 aliphatic heterocycles. The SMILES string of the molecule is CC(C)(C)c1ccc(S(=O)(=O)NCCC(=O)NCc2ccccc2)cc1. The van der Waals surface area contributed by atoms with Crippen LogP contribution in [0.1, 0.15) is 38.3 Å². The summed E-state index contributed by atoms with van der Waals surface area (Å²) in [7, 11) is -3.62. The molecule has 0 spiro atoms. The predicted octanol–water partition coefficient (Wildman–Crippen LogP) is 2.97. The zero-order valence-corrected chi connectivity index (χ0v) is 16.3. The Morgan fingerprint density at radius 3 is 2.15 bits per heavy atom. The topological polar surface area (TPSA) is 75.3 Å². The van der Waals surface area contributed by atoms with Crippen LogP contribution < -0.4 is 10.0 Å². The van der Waals surface area contributed by atoms with Crippen LogP contribution in [0.2, 0.25) is 0 Å². The van der Waals surface area contributed by atoms with Gasteiger partial charge in [0.25, 0.3) is 0 Å². The fourth-order valence-electron chi connectivity index (χ4n) is 2.40. The summed E-state index contributed by atoms with van der Waals surface area (Å²) in [6.45, 7) is 6.71. The Morgan fingerprint density at radius 1 is 0.962 bits per heavy atom. The molecule has 0 saturated carbocycles. The predicted molar refractivity (Wildman–Crippen MR) is 103 cm³/mol. The molecule has 0 bridgehead atoms. The zero-order chi connectivity index (χ0) is 19.2.